The highest BCUT2D eigenvalue weighted by atomic mass is 14.9. The van der Waals surface area contributed by atoms with Crippen molar-refractivity contribution < 1.29 is 0 Å². The molecular weight excluding hydrogens is 524 g/mol. The van der Waals surface area contributed by atoms with Gasteiger partial charge in [-0.3, -0.25) is 0 Å². The van der Waals surface area contributed by atoms with E-state index in [0.717, 1.165) is 34.1 Å². The summed E-state index contributed by atoms with van der Waals surface area (Å²) in [6, 6.07) is 36.1. The summed E-state index contributed by atoms with van der Waals surface area (Å²) in [5.74, 6) is 0. The fourth-order valence-electron chi connectivity index (χ4n) is 2.66. The van der Waals surface area contributed by atoms with Crippen molar-refractivity contribution >= 4 is 34.1 Å². The van der Waals surface area contributed by atoms with Crippen LogP contribution >= 0.6 is 0 Å². The zero-order chi connectivity index (χ0) is 34.3. The van der Waals surface area contributed by atoms with Gasteiger partial charge in [0.05, 0.1) is 0 Å². The average molecular weight is 593 g/mol. The highest BCUT2D eigenvalue weighted by molar-refractivity contribution is 5.62. The maximum Gasteiger partial charge on any atom is 0.0385 e. The van der Waals surface area contributed by atoms with Gasteiger partial charge in [0.1, 0.15) is 0 Å². The van der Waals surface area contributed by atoms with Gasteiger partial charge in [-0.15, -0.1) is 0 Å². The fraction of sp³-hybridized carbons (Fsp3) is 0.385. The summed E-state index contributed by atoms with van der Waals surface area (Å²) in [6.07, 6.45) is 0. The molecule has 0 spiro atoms. The first-order valence-electron chi connectivity index (χ1n) is 16.5. The molecule has 0 aromatic heterocycles. The first-order chi connectivity index (χ1) is 21.2. The van der Waals surface area contributed by atoms with Crippen LogP contribution in [0.15, 0.2) is 109 Å². The minimum absolute atomic E-state index is 0.781. The molecule has 0 atom stereocenters. The van der Waals surface area contributed by atoms with E-state index >= 15 is 0 Å². The van der Waals surface area contributed by atoms with Gasteiger partial charge < -0.3 is 21.7 Å². The van der Waals surface area contributed by atoms with E-state index < -0.39 is 0 Å². The Morgan fingerprint density at radius 1 is 0.326 bits per heavy atom. The lowest BCUT2D eigenvalue weighted by Crippen LogP contribution is -1.91. The van der Waals surface area contributed by atoms with Crippen molar-refractivity contribution in [1.82, 2.24) is 0 Å². The van der Waals surface area contributed by atoms with E-state index in [1.165, 1.54) is 0 Å². The Labute approximate surface area is 268 Å². The van der Waals surface area contributed by atoms with Crippen LogP contribution in [0.2, 0.25) is 0 Å². The highest BCUT2D eigenvalue weighted by Gasteiger charge is 1.94. The standard InChI is InChI=1S/C13H14N2.C12H12N2.7C2H6/c1-14-11-7-9-13(10-8-11)15-12-5-3-2-4-6-12;13-10-6-8-12(9-7-10)14-11-4-2-1-3-5-11;7*1-2/h2-10,14-15H,1H3;1-9,14H,13H2;7*1-2H3. The third-order valence-corrected chi connectivity index (χ3v) is 4.21. The van der Waals surface area contributed by atoms with E-state index in [1.54, 1.807) is 0 Å². The number of anilines is 6. The Hall–Kier alpha value is -3.92. The Morgan fingerprint density at radius 3 is 0.837 bits per heavy atom. The number of hydrogen-bond acceptors (Lipinski definition) is 4. The molecule has 0 saturated heterocycles. The summed E-state index contributed by atoms with van der Waals surface area (Å²) in [5, 5.41) is 9.69. The van der Waals surface area contributed by atoms with Gasteiger partial charge in [0.15, 0.2) is 0 Å². The lowest BCUT2D eigenvalue weighted by Gasteiger charge is -2.06. The number of hydrogen-bond donors (Lipinski definition) is 4. The van der Waals surface area contributed by atoms with Gasteiger partial charge in [-0.25, -0.2) is 0 Å². The second-order valence-corrected chi connectivity index (χ2v) is 6.43. The van der Waals surface area contributed by atoms with Gasteiger partial charge in [-0.05, 0) is 72.8 Å². The molecule has 0 aliphatic rings. The summed E-state index contributed by atoms with van der Waals surface area (Å²) in [4.78, 5) is 0. The van der Waals surface area contributed by atoms with Gasteiger partial charge in [-0.2, -0.15) is 0 Å². The van der Waals surface area contributed by atoms with Gasteiger partial charge in [-0.1, -0.05) is 133 Å². The third-order valence-electron chi connectivity index (χ3n) is 4.21. The Bertz CT molecular complexity index is 969. The van der Waals surface area contributed by atoms with E-state index in [9.17, 15) is 0 Å². The SMILES string of the molecule is CC.CC.CC.CC.CC.CC.CC.CNc1ccc(Nc2ccccc2)cc1.Nc1ccc(Nc2ccccc2)cc1. The van der Waals surface area contributed by atoms with Crippen molar-refractivity contribution in [3.8, 4) is 0 Å². The normalized spacial score (nSPS) is 7.51. The largest absolute Gasteiger partial charge is 0.399 e. The van der Waals surface area contributed by atoms with Crippen LogP contribution in [0.4, 0.5) is 34.1 Å². The molecule has 4 aromatic carbocycles. The van der Waals surface area contributed by atoms with E-state index in [2.05, 4.69) is 28.1 Å². The fourth-order valence-corrected chi connectivity index (χ4v) is 2.66. The lowest BCUT2D eigenvalue weighted by atomic mass is 10.2. The second kappa shape index (κ2) is 42.5. The van der Waals surface area contributed by atoms with E-state index in [4.69, 9.17) is 5.73 Å². The quantitative estimate of drug-likeness (QED) is 0.174. The molecule has 244 valence electrons. The van der Waals surface area contributed by atoms with Crippen LogP contribution in [0.5, 0.6) is 0 Å². The van der Waals surface area contributed by atoms with Crippen LogP contribution in [-0.4, -0.2) is 7.05 Å². The summed E-state index contributed by atoms with van der Waals surface area (Å²) in [7, 11) is 1.92. The highest BCUT2D eigenvalue weighted by Crippen LogP contribution is 2.18. The Balaban J connectivity index is -0.000000160. The molecule has 4 rings (SSSR count). The predicted octanol–water partition coefficient (Wildman–Crippen LogP) is 13.7. The molecule has 0 bridgehead atoms. The molecule has 4 heteroatoms. The van der Waals surface area contributed by atoms with Crippen molar-refractivity contribution in [3.05, 3.63) is 109 Å². The first-order valence-corrected chi connectivity index (χ1v) is 16.5. The van der Waals surface area contributed by atoms with Crippen LogP contribution in [0.1, 0.15) is 96.9 Å². The second-order valence-electron chi connectivity index (χ2n) is 6.43. The summed E-state index contributed by atoms with van der Waals surface area (Å²) in [5.41, 5.74) is 11.8. The smallest absolute Gasteiger partial charge is 0.0385 e. The molecule has 5 N–H and O–H groups in total. The maximum absolute atomic E-state index is 5.59. The van der Waals surface area contributed by atoms with Crippen molar-refractivity contribution in [1.29, 1.82) is 0 Å². The van der Waals surface area contributed by atoms with Crippen molar-refractivity contribution in [2.75, 3.05) is 28.7 Å². The summed E-state index contributed by atoms with van der Waals surface area (Å²) >= 11 is 0. The van der Waals surface area contributed by atoms with Crippen LogP contribution in [0.3, 0.4) is 0 Å². The van der Waals surface area contributed by atoms with E-state index in [1.807, 2.05) is 201 Å². The predicted molar refractivity (Wildman–Crippen MR) is 206 cm³/mol. The number of benzene rings is 4. The molecule has 0 saturated carbocycles. The molecule has 0 radical (unpaired) electrons. The summed E-state index contributed by atoms with van der Waals surface area (Å²) in [6.45, 7) is 28.0. The van der Waals surface area contributed by atoms with Gasteiger partial charge in [0.2, 0.25) is 0 Å². The van der Waals surface area contributed by atoms with Gasteiger partial charge >= 0.3 is 0 Å². The number of rotatable bonds is 5. The van der Waals surface area contributed by atoms with Gasteiger partial charge in [0, 0.05) is 41.2 Å². The number of nitrogen functional groups attached to an aromatic ring is 1. The van der Waals surface area contributed by atoms with Crippen LogP contribution in [-0.2, 0) is 0 Å². The molecule has 0 aliphatic heterocycles. The van der Waals surface area contributed by atoms with E-state index in [0.29, 0.717) is 0 Å². The monoisotopic (exact) mass is 593 g/mol. The topological polar surface area (TPSA) is 62.1 Å². The molecule has 4 nitrogen and oxygen atoms in total. The average Bonchev–Trinajstić information content (AvgIpc) is 3.13. The minimum atomic E-state index is 0.781. The number of nitrogens with one attached hydrogen (secondary N) is 3. The third kappa shape index (κ3) is 28.0. The number of nitrogens with two attached hydrogens (primary N) is 1. The zero-order valence-electron chi connectivity index (χ0n) is 30.5. The molecule has 0 aliphatic carbocycles. The molecule has 0 amide bonds. The van der Waals surface area contributed by atoms with E-state index in [-0.39, 0.29) is 0 Å². The van der Waals surface area contributed by atoms with Gasteiger partial charge in [0.25, 0.3) is 0 Å². The Morgan fingerprint density at radius 2 is 0.558 bits per heavy atom. The first kappa shape index (κ1) is 48.8. The summed E-state index contributed by atoms with van der Waals surface area (Å²) < 4.78 is 0. The molecule has 4 aromatic rings. The lowest BCUT2D eigenvalue weighted by molar-refractivity contribution is 1.49. The maximum atomic E-state index is 5.59. The number of para-hydroxylation sites is 2. The Kier molecular flexibility index (Phi) is 48.3. The molecule has 0 fully saturated rings. The van der Waals surface area contributed by atoms with Crippen molar-refractivity contribution in [3.63, 3.8) is 0 Å². The zero-order valence-corrected chi connectivity index (χ0v) is 30.5. The molecular formula is C39H68N4. The van der Waals surface area contributed by atoms with Crippen LogP contribution in [0, 0.1) is 0 Å². The van der Waals surface area contributed by atoms with Crippen molar-refractivity contribution in [2.45, 2.75) is 96.9 Å². The minimum Gasteiger partial charge on any atom is -0.399 e. The van der Waals surface area contributed by atoms with Crippen molar-refractivity contribution in [2.24, 2.45) is 0 Å². The molecule has 0 heterocycles. The molecule has 43 heavy (non-hydrogen) atoms. The van der Waals surface area contributed by atoms with Crippen LogP contribution in [0.25, 0.3) is 0 Å². The van der Waals surface area contributed by atoms with Crippen LogP contribution < -0.4 is 21.7 Å². The molecule has 0 unspecified atom stereocenters.